The number of esters is 1. The first-order valence-corrected chi connectivity index (χ1v) is 9.92. The maximum Gasteiger partial charge on any atom is 0.347 e. The van der Waals surface area contributed by atoms with Crippen LogP contribution in [-0.4, -0.2) is 24.9 Å². The third-order valence-corrected chi connectivity index (χ3v) is 6.56. The molecule has 1 saturated heterocycles. The summed E-state index contributed by atoms with van der Waals surface area (Å²) in [4.78, 5) is 40.3. The Hall–Kier alpha value is -3.15. The van der Waals surface area contributed by atoms with Gasteiger partial charge in [-0.1, -0.05) is 24.3 Å². The molecule has 2 bridgehead atoms. The molecule has 29 heavy (non-hydrogen) atoms. The van der Waals surface area contributed by atoms with E-state index in [1.165, 1.54) is 12.0 Å². The van der Waals surface area contributed by atoms with Gasteiger partial charge >= 0.3 is 5.97 Å². The zero-order valence-corrected chi connectivity index (χ0v) is 16.0. The molecule has 0 aromatic heterocycles. The second kappa shape index (κ2) is 6.72. The molecular formula is C23H21NO5. The Kier molecular flexibility index (Phi) is 4.15. The summed E-state index contributed by atoms with van der Waals surface area (Å²) >= 11 is 0. The first kappa shape index (κ1) is 17.9. The van der Waals surface area contributed by atoms with Gasteiger partial charge in [0.1, 0.15) is 11.3 Å². The summed E-state index contributed by atoms with van der Waals surface area (Å²) in [5, 5.41) is 0. The van der Waals surface area contributed by atoms with Gasteiger partial charge < -0.3 is 9.47 Å². The Bertz CT molecular complexity index is 988. The Morgan fingerprint density at radius 2 is 1.48 bits per heavy atom. The number of carbonyl (C=O) groups is 3. The predicted molar refractivity (Wildman–Crippen MR) is 105 cm³/mol. The number of anilines is 1. The molecule has 2 aromatic rings. The van der Waals surface area contributed by atoms with E-state index in [-0.39, 0.29) is 35.0 Å². The first-order valence-electron chi connectivity index (χ1n) is 9.92. The molecule has 1 aliphatic heterocycles. The van der Waals surface area contributed by atoms with Crippen molar-refractivity contribution in [2.45, 2.75) is 19.3 Å². The van der Waals surface area contributed by atoms with Gasteiger partial charge in [0.05, 0.1) is 24.6 Å². The highest BCUT2D eigenvalue weighted by Crippen LogP contribution is 2.57. The van der Waals surface area contributed by atoms with E-state index in [2.05, 4.69) is 0 Å². The monoisotopic (exact) mass is 391 g/mol. The maximum atomic E-state index is 13.1. The molecular weight excluding hydrogens is 370 g/mol. The molecule has 4 atom stereocenters. The van der Waals surface area contributed by atoms with Crippen LogP contribution in [0.1, 0.15) is 29.6 Å². The maximum absolute atomic E-state index is 13.1. The quantitative estimate of drug-likeness (QED) is 0.453. The predicted octanol–water partition coefficient (Wildman–Crippen LogP) is 3.45. The number of hydrogen-bond acceptors (Lipinski definition) is 5. The van der Waals surface area contributed by atoms with Crippen molar-refractivity contribution in [3.05, 3.63) is 54.1 Å². The second-order valence-electron chi connectivity index (χ2n) is 7.95. The van der Waals surface area contributed by atoms with Crippen molar-refractivity contribution in [3.63, 3.8) is 0 Å². The van der Waals surface area contributed by atoms with Gasteiger partial charge in [0, 0.05) is 0 Å². The smallest absolute Gasteiger partial charge is 0.347 e. The molecule has 0 unspecified atom stereocenters. The lowest BCUT2D eigenvalue weighted by atomic mass is 9.81. The third-order valence-electron chi connectivity index (χ3n) is 6.56. The Morgan fingerprint density at radius 3 is 2.14 bits per heavy atom. The molecule has 3 fully saturated rings. The van der Waals surface area contributed by atoms with Gasteiger partial charge in [-0.25, -0.2) is 9.69 Å². The fourth-order valence-corrected chi connectivity index (χ4v) is 5.34. The minimum atomic E-state index is -0.603. The number of para-hydroxylation sites is 3. The largest absolute Gasteiger partial charge is 0.496 e. The molecule has 5 rings (SSSR count). The fourth-order valence-electron chi connectivity index (χ4n) is 5.34. The van der Waals surface area contributed by atoms with Crippen LogP contribution in [0.5, 0.6) is 11.5 Å². The van der Waals surface area contributed by atoms with E-state index >= 15 is 0 Å². The van der Waals surface area contributed by atoms with Crippen LogP contribution in [0.2, 0.25) is 0 Å². The number of hydrogen-bond donors (Lipinski definition) is 0. The van der Waals surface area contributed by atoms with Crippen LogP contribution in [0.3, 0.4) is 0 Å². The highest BCUT2D eigenvalue weighted by atomic mass is 16.5. The summed E-state index contributed by atoms with van der Waals surface area (Å²) in [6, 6.07) is 13.5. The van der Waals surface area contributed by atoms with E-state index in [4.69, 9.17) is 9.47 Å². The van der Waals surface area contributed by atoms with Crippen LogP contribution in [-0.2, 0) is 9.59 Å². The van der Waals surface area contributed by atoms with Crippen molar-refractivity contribution in [1.82, 2.24) is 0 Å². The van der Waals surface area contributed by atoms with Gasteiger partial charge in [-0.15, -0.1) is 0 Å². The van der Waals surface area contributed by atoms with Crippen molar-refractivity contribution in [3.8, 4) is 11.5 Å². The van der Waals surface area contributed by atoms with E-state index in [1.807, 2.05) is 0 Å². The summed E-state index contributed by atoms with van der Waals surface area (Å²) in [6.45, 7) is 0. The van der Waals surface area contributed by atoms with E-state index in [0.717, 1.165) is 19.3 Å². The third kappa shape index (κ3) is 2.66. The second-order valence-corrected chi connectivity index (χ2v) is 7.95. The Balaban J connectivity index is 1.47. The molecule has 6 nitrogen and oxygen atoms in total. The summed E-state index contributed by atoms with van der Waals surface area (Å²) in [6.07, 6.45) is 3.01. The topological polar surface area (TPSA) is 72.9 Å². The lowest BCUT2D eigenvalue weighted by Crippen LogP contribution is -2.33. The number of benzene rings is 2. The van der Waals surface area contributed by atoms with Crippen LogP contribution in [0, 0.1) is 23.7 Å². The van der Waals surface area contributed by atoms with Crippen molar-refractivity contribution < 1.29 is 23.9 Å². The van der Waals surface area contributed by atoms with Gasteiger partial charge in [-0.05, 0) is 55.4 Å². The minimum Gasteiger partial charge on any atom is -0.496 e. The zero-order valence-electron chi connectivity index (χ0n) is 16.0. The number of nitrogens with zero attached hydrogens (tertiary/aromatic N) is 1. The van der Waals surface area contributed by atoms with Crippen molar-refractivity contribution >= 4 is 23.5 Å². The Morgan fingerprint density at radius 1 is 0.897 bits per heavy atom. The molecule has 2 aromatic carbocycles. The van der Waals surface area contributed by atoms with E-state index in [9.17, 15) is 14.4 Å². The number of rotatable bonds is 4. The molecule has 3 aliphatic rings. The van der Waals surface area contributed by atoms with E-state index in [1.54, 1.807) is 48.5 Å². The number of imide groups is 1. The number of carbonyl (C=O) groups excluding carboxylic acids is 3. The summed E-state index contributed by atoms with van der Waals surface area (Å²) < 4.78 is 10.8. The number of methoxy groups -OCH3 is 1. The lowest BCUT2D eigenvalue weighted by Gasteiger charge is -2.20. The van der Waals surface area contributed by atoms with Crippen molar-refractivity contribution in [2.75, 3.05) is 12.0 Å². The molecule has 2 saturated carbocycles. The van der Waals surface area contributed by atoms with Crippen molar-refractivity contribution in [2.24, 2.45) is 23.7 Å². The first-order chi connectivity index (χ1) is 14.1. The molecule has 0 N–H and O–H groups in total. The van der Waals surface area contributed by atoms with Crippen molar-refractivity contribution in [1.29, 1.82) is 0 Å². The lowest BCUT2D eigenvalue weighted by molar-refractivity contribution is -0.123. The number of fused-ring (bicyclic) bond motifs is 5. The van der Waals surface area contributed by atoms with Gasteiger partial charge in [0.25, 0.3) is 0 Å². The molecule has 2 amide bonds. The average Bonchev–Trinajstić information content (AvgIpc) is 3.42. The molecule has 148 valence electrons. The van der Waals surface area contributed by atoms with Crippen LogP contribution in [0.25, 0.3) is 0 Å². The van der Waals surface area contributed by atoms with Gasteiger partial charge in [0.15, 0.2) is 5.75 Å². The normalized spacial score (nSPS) is 27.3. The molecule has 0 radical (unpaired) electrons. The van der Waals surface area contributed by atoms with Gasteiger partial charge in [0.2, 0.25) is 11.8 Å². The van der Waals surface area contributed by atoms with Crippen LogP contribution >= 0.6 is 0 Å². The zero-order chi connectivity index (χ0) is 20.1. The van der Waals surface area contributed by atoms with Crippen LogP contribution in [0.4, 0.5) is 5.69 Å². The fraction of sp³-hybridized carbons (Fsp3) is 0.348. The van der Waals surface area contributed by atoms with E-state index < -0.39 is 5.97 Å². The standard InChI is InChI=1S/C23H21NO5/c1-28-17-8-4-2-6-15(17)23(27)29-18-9-5-3-7-16(18)24-21(25)19-13-10-11-14(12-13)20(19)22(24)26/h2-9,13-14,19-20H,10-12H2,1H3/t13-,14-,19-,20-/m0/s1. The minimum absolute atomic E-state index is 0.159. The molecule has 0 spiro atoms. The van der Waals surface area contributed by atoms with Gasteiger partial charge in [-0.2, -0.15) is 0 Å². The van der Waals surface area contributed by atoms with Gasteiger partial charge in [-0.3, -0.25) is 9.59 Å². The average molecular weight is 391 g/mol. The molecule has 1 heterocycles. The highest BCUT2D eigenvalue weighted by molar-refractivity contribution is 6.23. The highest BCUT2D eigenvalue weighted by Gasteiger charge is 2.61. The summed E-state index contributed by atoms with van der Waals surface area (Å²) in [5.74, 6) is -0.176. The number of amides is 2. The van der Waals surface area contributed by atoms with E-state index in [0.29, 0.717) is 23.3 Å². The van der Waals surface area contributed by atoms with Crippen LogP contribution < -0.4 is 14.4 Å². The number of ether oxygens (including phenoxy) is 2. The SMILES string of the molecule is COc1ccccc1C(=O)Oc1ccccc1N1C(=O)[C@H]2[C@H]3CC[C@@H](C3)[C@@H]2C1=O. The van der Waals surface area contributed by atoms with Crippen LogP contribution in [0.15, 0.2) is 48.5 Å². The molecule has 6 heteroatoms. The summed E-state index contributed by atoms with van der Waals surface area (Å²) in [5.41, 5.74) is 0.610. The Labute approximate surface area is 168 Å². The summed E-state index contributed by atoms with van der Waals surface area (Å²) in [7, 11) is 1.48. The molecule has 2 aliphatic carbocycles.